The first-order chi connectivity index (χ1) is 19.9. The fourth-order valence-electron chi connectivity index (χ4n) is 5.02. The SMILES string of the molecule is COc1cncc(F)c1-c1ccc(NC(=O)[C@H](c2cc(C(N)=O)n(C)n2)C(c2ccccc2)c2ccccc2)cc1. The largest absolute Gasteiger partial charge is 0.494 e. The van der Waals surface area contributed by atoms with E-state index in [1.807, 2.05) is 60.7 Å². The van der Waals surface area contributed by atoms with Crippen LogP contribution in [0, 0.1) is 5.82 Å². The van der Waals surface area contributed by atoms with E-state index in [4.69, 9.17) is 10.5 Å². The number of amides is 2. The normalized spacial score (nSPS) is 11.7. The molecule has 2 amide bonds. The average molecular weight is 550 g/mol. The van der Waals surface area contributed by atoms with E-state index in [-0.39, 0.29) is 17.2 Å². The molecule has 41 heavy (non-hydrogen) atoms. The minimum Gasteiger partial charge on any atom is -0.494 e. The number of anilines is 1. The van der Waals surface area contributed by atoms with Crippen LogP contribution < -0.4 is 15.8 Å². The van der Waals surface area contributed by atoms with Gasteiger partial charge in [0.25, 0.3) is 5.91 Å². The predicted octanol–water partition coefficient (Wildman–Crippen LogP) is 5.28. The summed E-state index contributed by atoms with van der Waals surface area (Å²) in [5, 5.41) is 7.54. The van der Waals surface area contributed by atoms with E-state index in [2.05, 4.69) is 15.4 Å². The Hall–Kier alpha value is -5.31. The molecule has 3 aromatic carbocycles. The van der Waals surface area contributed by atoms with Crippen molar-refractivity contribution in [1.82, 2.24) is 14.8 Å². The highest BCUT2D eigenvalue weighted by molar-refractivity contribution is 5.98. The predicted molar refractivity (Wildman–Crippen MR) is 154 cm³/mol. The molecule has 8 nitrogen and oxygen atoms in total. The van der Waals surface area contributed by atoms with Crippen LogP contribution >= 0.6 is 0 Å². The number of methoxy groups -OCH3 is 1. The monoisotopic (exact) mass is 549 g/mol. The van der Waals surface area contributed by atoms with E-state index >= 15 is 0 Å². The van der Waals surface area contributed by atoms with Crippen molar-refractivity contribution in [3.8, 4) is 16.9 Å². The number of ether oxygens (including phenoxy) is 1. The van der Waals surface area contributed by atoms with E-state index in [0.717, 1.165) is 17.3 Å². The van der Waals surface area contributed by atoms with Crippen LogP contribution in [0.5, 0.6) is 5.75 Å². The summed E-state index contributed by atoms with van der Waals surface area (Å²) in [6.07, 6.45) is 2.57. The number of hydrogen-bond donors (Lipinski definition) is 2. The van der Waals surface area contributed by atoms with Gasteiger partial charge in [0.1, 0.15) is 11.4 Å². The van der Waals surface area contributed by atoms with Gasteiger partial charge in [0.05, 0.1) is 36.7 Å². The summed E-state index contributed by atoms with van der Waals surface area (Å²) in [5.41, 5.74) is 9.32. The first-order valence-electron chi connectivity index (χ1n) is 12.9. The van der Waals surface area contributed by atoms with Crippen LogP contribution in [0.1, 0.15) is 39.1 Å². The van der Waals surface area contributed by atoms with Gasteiger partial charge in [-0.25, -0.2) is 4.39 Å². The maximum Gasteiger partial charge on any atom is 0.266 e. The summed E-state index contributed by atoms with van der Waals surface area (Å²) in [5.74, 6) is -2.45. The lowest BCUT2D eigenvalue weighted by Gasteiger charge is -2.26. The molecule has 5 rings (SSSR count). The van der Waals surface area contributed by atoms with Crippen molar-refractivity contribution >= 4 is 17.5 Å². The van der Waals surface area contributed by atoms with Gasteiger partial charge < -0.3 is 15.8 Å². The van der Waals surface area contributed by atoms with Crippen molar-refractivity contribution in [3.05, 3.63) is 132 Å². The number of hydrogen-bond acceptors (Lipinski definition) is 5. The second-order valence-electron chi connectivity index (χ2n) is 9.48. The summed E-state index contributed by atoms with van der Waals surface area (Å²) in [6, 6.07) is 27.7. The highest BCUT2D eigenvalue weighted by atomic mass is 19.1. The maximum absolute atomic E-state index is 14.6. The summed E-state index contributed by atoms with van der Waals surface area (Å²) >= 11 is 0. The molecule has 206 valence electrons. The molecule has 0 saturated carbocycles. The second-order valence-corrected chi connectivity index (χ2v) is 9.48. The highest BCUT2D eigenvalue weighted by Gasteiger charge is 2.35. The van der Waals surface area contributed by atoms with Crippen LogP contribution in [-0.4, -0.2) is 33.7 Å². The Morgan fingerprint density at radius 3 is 2.07 bits per heavy atom. The Morgan fingerprint density at radius 2 is 1.54 bits per heavy atom. The maximum atomic E-state index is 14.6. The van der Waals surface area contributed by atoms with Gasteiger partial charge in [0.15, 0.2) is 5.82 Å². The number of carbonyl (C=O) groups excluding carboxylic acids is 2. The van der Waals surface area contributed by atoms with Gasteiger partial charge >= 0.3 is 0 Å². The minimum atomic E-state index is -0.823. The van der Waals surface area contributed by atoms with Crippen LogP contribution in [0.3, 0.4) is 0 Å². The first-order valence-corrected chi connectivity index (χ1v) is 12.9. The first kappa shape index (κ1) is 27.3. The summed E-state index contributed by atoms with van der Waals surface area (Å²) < 4.78 is 21.2. The Bertz CT molecular complexity index is 1630. The molecule has 3 N–H and O–H groups in total. The van der Waals surface area contributed by atoms with Gasteiger partial charge in [-0.05, 0) is 34.9 Å². The standard InChI is InChI=1S/C32H28FN5O3/c1-38-26(31(34)39)17-25(37-38)30(28(20-9-5-3-6-10-20)21-11-7-4-8-12-21)32(40)36-23-15-13-22(14-16-23)29-24(33)18-35-19-27(29)41-2/h3-19,28,30H,1-2H3,(H2,34,39)(H,36,40)/t30-/m1/s1. The number of primary amides is 1. The smallest absolute Gasteiger partial charge is 0.266 e. The molecular weight excluding hydrogens is 521 g/mol. The van der Waals surface area contributed by atoms with Crippen molar-refractivity contribution in [2.24, 2.45) is 12.8 Å². The zero-order valence-corrected chi connectivity index (χ0v) is 22.5. The Labute approximate surface area is 236 Å². The lowest BCUT2D eigenvalue weighted by molar-refractivity contribution is -0.118. The Morgan fingerprint density at radius 1 is 0.927 bits per heavy atom. The van der Waals surface area contributed by atoms with Gasteiger partial charge in [-0.15, -0.1) is 0 Å². The van der Waals surface area contributed by atoms with Crippen molar-refractivity contribution in [1.29, 1.82) is 0 Å². The molecule has 0 spiro atoms. The third-order valence-electron chi connectivity index (χ3n) is 6.93. The van der Waals surface area contributed by atoms with Crippen LogP contribution in [0.25, 0.3) is 11.1 Å². The highest BCUT2D eigenvalue weighted by Crippen LogP contribution is 2.39. The lowest BCUT2D eigenvalue weighted by Crippen LogP contribution is -2.28. The van der Waals surface area contributed by atoms with Crippen LogP contribution in [0.4, 0.5) is 10.1 Å². The van der Waals surface area contributed by atoms with E-state index in [1.54, 1.807) is 37.4 Å². The Kier molecular flexibility index (Phi) is 7.87. The number of carbonyl (C=O) groups is 2. The van der Waals surface area contributed by atoms with Crippen molar-refractivity contribution in [2.75, 3.05) is 12.4 Å². The van der Waals surface area contributed by atoms with Crippen LogP contribution in [0.2, 0.25) is 0 Å². The molecule has 0 radical (unpaired) electrons. The van der Waals surface area contributed by atoms with Crippen molar-refractivity contribution in [3.63, 3.8) is 0 Å². The van der Waals surface area contributed by atoms with Gasteiger partial charge in [0, 0.05) is 18.7 Å². The van der Waals surface area contributed by atoms with Gasteiger partial charge in [-0.2, -0.15) is 5.10 Å². The van der Waals surface area contributed by atoms with Gasteiger partial charge in [-0.3, -0.25) is 19.3 Å². The molecule has 0 fully saturated rings. The van der Waals surface area contributed by atoms with E-state index in [0.29, 0.717) is 22.7 Å². The Balaban J connectivity index is 1.55. The zero-order chi connectivity index (χ0) is 28.9. The van der Waals surface area contributed by atoms with Crippen LogP contribution in [0.15, 0.2) is 103 Å². The van der Waals surface area contributed by atoms with Gasteiger partial charge in [-0.1, -0.05) is 72.8 Å². The second kappa shape index (κ2) is 11.8. The molecule has 1 atom stereocenters. The third-order valence-corrected chi connectivity index (χ3v) is 6.93. The summed E-state index contributed by atoms with van der Waals surface area (Å²) in [6.45, 7) is 0. The number of rotatable bonds is 9. The van der Waals surface area contributed by atoms with Crippen LogP contribution in [-0.2, 0) is 11.8 Å². The van der Waals surface area contributed by atoms with E-state index in [9.17, 15) is 14.0 Å². The molecule has 9 heteroatoms. The lowest BCUT2D eigenvalue weighted by atomic mass is 9.78. The number of nitrogens with two attached hydrogens (primary N) is 1. The molecule has 0 bridgehead atoms. The number of nitrogens with zero attached hydrogens (tertiary/aromatic N) is 3. The number of benzene rings is 3. The quantitative estimate of drug-likeness (QED) is 0.260. The third kappa shape index (κ3) is 5.69. The number of pyridine rings is 1. The number of aromatic nitrogens is 3. The molecule has 0 unspecified atom stereocenters. The molecule has 0 saturated heterocycles. The van der Waals surface area contributed by atoms with Gasteiger partial charge in [0.2, 0.25) is 5.91 Å². The molecular formula is C32H28FN5O3. The average Bonchev–Trinajstić information content (AvgIpc) is 3.38. The molecule has 0 aliphatic carbocycles. The minimum absolute atomic E-state index is 0.190. The van der Waals surface area contributed by atoms with Crippen molar-refractivity contribution in [2.45, 2.75) is 11.8 Å². The molecule has 0 aliphatic heterocycles. The number of halogens is 1. The zero-order valence-electron chi connectivity index (χ0n) is 22.5. The number of nitrogens with one attached hydrogen (secondary N) is 1. The molecule has 0 aliphatic rings. The molecule has 5 aromatic rings. The topological polar surface area (TPSA) is 112 Å². The van der Waals surface area contributed by atoms with E-state index < -0.39 is 23.6 Å². The molecule has 2 aromatic heterocycles. The van der Waals surface area contributed by atoms with E-state index in [1.165, 1.54) is 18.0 Å². The summed E-state index contributed by atoms with van der Waals surface area (Å²) in [4.78, 5) is 30.0. The number of aryl methyl sites for hydroxylation is 1. The molecule has 2 heterocycles. The van der Waals surface area contributed by atoms with Crippen molar-refractivity contribution < 1.29 is 18.7 Å². The fraction of sp³-hybridized carbons (Fsp3) is 0.125. The summed E-state index contributed by atoms with van der Waals surface area (Å²) in [7, 11) is 3.07. The fourth-order valence-corrected chi connectivity index (χ4v) is 5.02.